The fraction of sp³-hybridized carbons (Fsp3) is 0.462. The van der Waals surface area contributed by atoms with Crippen LogP contribution < -0.4 is 5.32 Å². The van der Waals surface area contributed by atoms with Crippen LogP contribution in [0.25, 0.3) is 0 Å². The summed E-state index contributed by atoms with van der Waals surface area (Å²) >= 11 is 6.07. The molecular formula is C13H18ClN5O. The van der Waals surface area contributed by atoms with E-state index in [1.807, 2.05) is 27.8 Å². The monoisotopic (exact) mass is 295 g/mol. The minimum atomic E-state index is -0.0650. The van der Waals surface area contributed by atoms with Crippen molar-refractivity contribution in [2.45, 2.75) is 33.7 Å². The van der Waals surface area contributed by atoms with Gasteiger partial charge in [0.15, 0.2) is 0 Å². The van der Waals surface area contributed by atoms with Gasteiger partial charge < -0.3 is 5.32 Å². The highest BCUT2D eigenvalue weighted by molar-refractivity contribution is 6.31. The van der Waals surface area contributed by atoms with Gasteiger partial charge in [-0.05, 0) is 20.8 Å². The van der Waals surface area contributed by atoms with E-state index < -0.39 is 0 Å². The van der Waals surface area contributed by atoms with E-state index >= 15 is 0 Å². The maximum atomic E-state index is 11.9. The highest BCUT2D eigenvalue weighted by atomic mass is 35.5. The van der Waals surface area contributed by atoms with Crippen molar-refractivity contribution in [2.75, 3.05) is 5.32 Å². The highest BCUT2D eigenvalue weighted by Gasteiger charge is 2.12. The average Bonchev–Trinajstić information content (AvgIpc) is 2.85. The van der Waals surface area contributed by atoms with Crippen LogP contribution in [0.5, 0.6) is 0 Å². The lowest BCUT2D eigenvalue weighted by atomic mass is 10.3. The first kappa shape index (κ1) is 14.6. The van der Waals surface area contributed by atoms with E-state index in [4.69, 9.17) is 11.6 Å². The maximum absolute atomic E-state index is 11.9. The number of nitrogens with one attached hydrogen (secondary N) is 1. The smallest absolute Gasteiger partial charge is 0.226 e. The Hall–Kier alpha value is -1.82. The summed E-state index contributed by atoms with van der Waals surface area (Å²) in [5, 5.41) is 11.9. The van der Waals surface area contributed by atoms with Gasteiger partial charge in [0.1, 0.15) is 0 Å². The molecule has 0 radical (unpaired) electrons. The lowest BCUT2D eigenvalue weighted by molar-refractivity contribution is -0.116. The highest BCUT2D eigenvalue weighted by Crippen LogP contribution is 2.19. The SMILES string of the molecule is Cc1nn(CCC(=O)Nc2cnn(C)c2C)c(C)c1Cl. The van der Waals surface area contributed by atoms with Crippen LogP contribution in [0.3, 0.4) is 0 Å². The van der Waals surface area contributed by atoms with Gasteiger partial charge in [-0.1, -0.05) is 11.6 Å². The van der Waals surface area contributed by atoms with Gasteiger partial charge in [0.05, 0.1) is 40.5 Å². The number of nitrogens with zero attached hydrogens (tertiary/aromatic N) is 4. The number of hydrogen-bond donors (Lipinski definition) is 1. The first-order chi connectivity index (χ1) is 9.40. The average molecular weight is 296 g/mol. The molecule has 0 saturated carbocycles. The molecule has 2 aromatic rings. The molecule has 0 fully saturated rings. The van der Waals surface area contributed by atoms with Gasteiger partial charge in [0.25, 0.3) is 0 Å². The van der Waals surface area contributed by atoms with Gasteiger partial charge in [-0.2, -0.15) is 10.2 Å². The fourth-order valence-corrected chi connectivity index (χ4v) is 2.07. The second-order valence-electron chi connectivity index (χ2n) is 4.77. The van der Waals surface area contributed by atoms with Gasteiger partial charge in [-0.25, -0.2) is 0 Å². The molecule has 0 saturated heterocycles. The summed E-state index contributed by atoms with van der Waals surface area (Å²) in [6.45, 7) is 6.16. The number of halogens is 1. The van der Waals surface area contributed by atoms with Crippen molar-refractivity contribution in [1.29, 1.82) is 0 Å². The molecule has 0 aliphatic rings. The number of rotatable bonds is 4. The van der Waals surface area contributed by atoms with Crippen LogP contribution in [-0.2, 0) is 18.4 Å². The summed E-state index contributed by atoms with van der Waals surface area (Å²) in [6.07, 6.45) is 1.99. The number of hydrogen-bond acceptors (Lipinski definition) is 3. The Bertz CT molecular complexity index is 643. The van der Waals surface area contributed by atoms with E-state index in [1.165, 1.54) is 0 Å². The summed E-state index contributed by atoms with van der Waals surface area (Å²) in [4.78, 5) is 11.9. The molecule has 6 nitrogen and oxygen atoms in total. The number of aromatic nitrogens is 4. The topological polar surface area (TPSA) is 64.7 Å². The zero-order valence-electron chi connectivity index (χ0n) is 12.1. The molecule has 0 unspecified atom stereocenters. The zero-order valence-corrected chi connectivity index (χ0v) is 12.8. The molecule has 2 aromatic heterocycles. The van der Waals surface area contributed by atoms with Gasteiger partial charge in [-0.15, -0.1) is 0 Å². The lowest BCUT2D eigenvalue weighted by Gasteiger charge is -2.06. The largest absolute Gasteiger partial charge is 0.323 e. The van der Waals surface area contributed by atoms with Crippen LogP contribution in [0.2, 0.25) is 5.02 Å². The number of carbonyl (C=O) groups excluding carboxylic acids is 1. The maximum Gasteiger partial charge on any atom is 0.226 e. The van der Waals surface area contributed by atoms with Gasteiger partial charge in [-0.3, -0.25) is 14.2 Å². The second-order valence-corrected chi connectivity index (χ2v) is 5.15. The van der Waals surface area contributed by atoms with Crippen LogP contribution in [0.1, 0.15) is 23.5 Å². The lowest BCUT2D eigenvalue weighted by Crippen LogP contribution is -2.16. The van der Waals surface area contributed by atoms with Gasteiger partial charge in [0.2, 0.25) is 5.91 Å². The molecular weight excluding hydrogens is 278 g/mol. The molecule has 0 aliphatic carbocycles. The third kappa shape index (κ3) is 2.85. The Morgan fingerprint density at radius 2 is 2.05 bits per heavy atom. The molecule has 0 aromatic carbocycles. The Morgan fingerprint density at radius 3 is 2.55 bits per heavy atom. The van der Waals surface area contributed by atoms with Crippen molar-refractivity contribution >= 4 is 23.2 Å². The van der Waals surface area contributed by atoms with Crippen LogP contribution in [0, 0.1) is 20.8 Å². The van der Waals surface area contributed by atoms with E-state index in [1.54, 1.807) is 15.6 Å². The van der Waals surface area contributed by atoms with E-state index in [9.17, 15) is 4.79 Å². The summed E-state index contributed by atoms with van der Waals surface area (Å²) in [6, 6.07) is 0. The number of carbonyl (C=O) groups is 1. The molecule has 2 rings (SSSR count). The van der Waals surface area contributed by atoms with Crippen LogP contribution in [0.15, 0.2) is 6.20 Å². The Labute approximate surface area is 122 Å². The molecule has 0 aliphatic heterocycles. The molecule has 20 heavy (non-hydrogen) atoms. The van der Waals surface area contributed by atoms with Crippen LogP contribution in [0.4, 0.5) is 5.69 Å². The van der Waals surface area contributed by atoms with Crippen LogP contribution >= 0.6 is 11.6 Å². The number of anilines is 1. The minimum Gasteiger partial charge on any atom is -0.323 e. The molecule has 2 heterocycles. The molecule has 0 spiro atoms. The zero-order chi connectivity index (χ0) is 14.9. The van der Waals surface area contributed by atoms with Crippen molar-refractivity contribution < 1.29 is 4.79 Å². The third-order valence-corrected chi connectivity index (χ3v) is 3.90. The predicted molar refractivity (Wildman–Crippen MR) is 77.9 cm³/mol. The minimum absolute atomic E-state index is 0.0650. The predicted octanol–water partition coefficient (Wildman–Crippen LogP) is 2.22. The Balaban J connectivity index is 1.95. The molecule has 1 amide bonds. The van der Waals surface area contributed by atoms with Crippen molar-refractivity contribution in [3.8, 4) is 0 Å². The van der Waals surface area contributed by atoms with E-state index in [2.05, 4.69) is 15.5 Å². The van der Waals surface area contributed by atoms with Crippen molar-refractivity contribution in [2.24, 2.45) is 7.05 Å². The van der Waals surface area contributed by atoms with Crippen molar-refractivity contribution in [3.63, 3.8) is 0 Å². The van der Waals surface area contributed by atoms with Gasteiger partial charge >= 0.3 is 0 Å². The first-order valence-corrected chi connectivity index (χ1v) is 6.76. The molecule has 0 bridgehead atoms. The normalized spacial score (nSPS) is 10.8. The van der Waals surface area contributed by atoms with Gasteiger partial charge in [0, 0.05) is 13.5 Å². The van der Waals surface area contributed by atoms with E-state index in [0.29, 0.717) is 18.0 Å². The van der Waals surface area contributed by atoms with E-state index in [0.717, 1.165) is 22.8 Å². The quantitative estimate of drug-likeness (QED) is 0.940. The molecule has 0 atom stereocenters. The molecule has 1 N–H and O–H groups in total. The summed E-state index contributed by atoms with van der Waals surface area (Å²) < 4.78 is 3.48. The first-order valence-electron chi connectivity index (χ1n) is 6.38. The Morgan fingerprint density at radius 1 is 1.35 bits per heavy atom. The Kier molecular flexibility index (Phi) is 4.13. The number of amides is 1. The third-order valence-electron chi connectivity index (χ3n) is 3.35. The second kappa shape index (κ2) is 5.66. The van der Waals surface area contributed by atoms with Crippen molar-refractivity contribution in [1.82, 2.24) is 19.6 Å². The standard InChI is InChI=1S/C13H18ClN5O/c1-8-13(14)10(3)19(17-8)6-5-12(20)16-11-7-15-18(4)9(11)2/h7H,5-6H2,1-4H3,(H,16,20). The fourth-order valence-electron chi connectivity index (χ4n) is 1.93. The van der Waals surface area contributed by atoms with Crippen molar-refractivity contribution in [3.05, 3.63) is 28.3 Å². The summed E-state index contributed by atoms with van der Waals surface area (Å²) in [5.74, 6) is -0.0650. The van der Waals surface area contributed by atoms with Crippen LogP contribution in [-0.4, -0.2) is 25.5 Å². The summed E-state index contributed by atoms with van der Waals surface area (Å²) in [5.41, 5.74) is 3.33. The summed E-state index contributed by atoms with van der Waals surface area (Å²) in [7, 11) is 1.84. The number of aryl methyl sites for hydroxylation is 3. The molecule has 108 valence electrons. The van der Waals surface area contributed by atoms with E-state index in [-0.39, 0.29) is 5.91 Å². The molecule has 7 heteroatoms.